The molecule has 1 aromatic rings. The van der Waals surface area contributed by atoms with E-state index >= 15 is 0 Å². The number of hydrogen-bond acceptors (Lipinski definition) is 4. The Morgan fingerprint density at radius 2 is 2.37 bits per heavy atom. The van der Waals surface area contributed by atoms with Gasteiger partial charge in [0.2, 0.25) is 0 Å². The molecule has 1 heterocycles. The summed E-state index contributed by atoms with van der Waals surface area (Å²) in [4.78, 5) is 2.19. The zero-order valence-corrected chi connectivity index (χ0v) is 12.8. The molecule has 0 bridgehead atoms. The number of nitriles is 1. The average molecular weight is 324 g/mol. The summed E-state index contributed by atoms with van der Waals surface area (Å²) < 4.78 is 6.45. The number of anilines is 1. The largest absolute Gasteiger partial charge is 0.365 e. The first kappa shape index (κ1) is 14.3. The van der Waals surface area contributed by atoms with Gasteiger partial charge in [-0.25, -0.2) is 0 Å². The lowest BCUT2D eigenvalue weighted by Crippen LogP contribution is -2.41. The summed E-state index contributed by atoms with van der Waals surface area (Å²) in [6, 6.07) is 8.82. The lowest BCUT2D eigenvalue weighted by atomic mass is 10.1. The molecule has 0 radical (unpaired) electrons. The van der Waals surface area contributed by atoms with Gasteiger partial charge in [0.1, 0.15) is 0 Å². The smallest absolute Gasteiger partial charge is 0.161 e. The third kappa shape index (κ3) is 3.27. The van der Waals surface area contributed by atoms with E-state index in [0.717, 1.165) is 16.7 Å². The van der Waals surface area contributed by atoms with Gasteiger partial charge < -0.3 is 15.0 Å². The molecule has 0 saturated carbocycles. The molecular weight excluding hydrogens is 306 g/mol. The number of morpholine rings is 1. The number of halogens is 1. The predicted molar refractivity (Wildman–Crippen MR) is 79.2 cm³/mol. The summed E-state index contributed by atoms with van der Waals surface area (Å²) in [7, 11) is 1.95. The van der Waals surface area contributed by atoms with Crippen LogP contribution in [0.25, 0.3) is 0 Å². The molecule has 2 atom stereocenters. The van der Waals surface area contributed by atoms with Crippen molar-refractivity contribution in [2.24, 2.45) is 0 Å². The molecule has 2 unspecified atom stereocenters. The molecule has 1 N–H and O–H groups in total. The SMILES string of the molecule is CNC(C)c1ccc(N2CCOC(C#N)C2)cc1Br. The van der Waals surface area contributed by atoms with Crippen molar-refractivity contribution in [3.05, 3.63) is 28.2 Å². The fourth-order valence-electron chi connectivity index (χ4n) is 2.18. The number of nitrogens with one attached hydrogen (secondary N) is 1. The number of ether oxygens (including phenoxy) is 1. The second kappa shape index (κ2) is 6.38. The molecule has 0 spiro atoms. The van der Waals surface area contributed by atoms with Crippen LogP contribution < -0.4 is 10.2 Å². The van der Waals surface area contributed by atoms with E-state index in [-0.39, 0.29) is 6.10 Å². The summed E-state index contributed by atoms with van der Waals surface area (Å²) in [6.45, 7) is 4.18. The fraction of sp³-hybridized carbons (Fsp3) is 0.500. The fourth-order valence-corrected chi connectivity index (χ4v) is 2.89. The third-order valence-corrected chi connectivity index (χ3v) is 4.15. The molecule has 0 aromatic heterocycles. The van der Waals surface area contributed by atoms with Crippen LogP contribution in [0.2, 0.25) is 0 Å². The maximum absolute atomic E-state index is 8.94. The first-order valence-corrected chi connectivity index (χ1v) is 7.18. The van der Waals surface area contributed by atoms with Crippen molar-refractivity contribution in [2.45, 2.75) is 19.1 Å². The minimum Gasteiger partial charge on any atom is -0.365 e. The highest BCUT2D eigenvalue weighted by molar-refractivity contribution is 9.10. The molecule has 0 amide bonds. The number of rotatable bonds is 3. The van der Waals surface area contributed by atoms with Gasteiger partial charge in [-0.05, 0) is 31.7 Å². The van der Waals surface area contributed by atoms with E-state index in [1.54, 1.807) is 0 Å². The molecule has 4 nitrogen and oxygen atoms in total. The van der Waals surface area contributed by atoms with Gasteiger partial charge in [-0.1, -0.05) is 22.0 Å². The standard InChI is InChI=1S/C14H18BrN3O/c1-10(17-2)13-4-3-11(7-14(13)15)18-5-6-19-12(8-16)9-18/h3-4,7,10,12,17H,5-6,9H2,1-2H3. The second-order valence-electron chi connectivity index (χ2n) is 4.65. The number of hydrogen-bond donors (Lipinski definition) is 1. The monoisotopic (exact) mass is 323 g/mol. The first-order chi connectivity index (χ1) is 9.15. The predicted octanol–water partition coefficient (Wildman–Crippen LogP) is 2.46. The molecule has 102 valence electrons. The zero-order valence-electron chi connectivity index (χ0n) is 11.2. The minimum absolute atomic E-state index is 0.306. The van der Waals surface area contributed by atoms with Crippen LogP contribution in [0.1, 0.15) is 18.5 Å². The summed E-state index contributed by atoms with van der Waals surface area (Å²) in [5.41, 5.74) is 2.36. The van der Waals surface area contributed by atoms with E-state index in [9.17, 15) is 0 Å². The van der Waals surface area contributed by atoms with E-state index in [4.69, 9.17) is 10.00 Å². The second-order valence-corrected chi connectivity index (χ2v) is 5.51. The number of benzene rings is 1. The van der Waals surface area contributed by atoms with Crippen LogP contribution in [-0.4, -0.2) is 32.8 Å². The van der Waals surface area contributed by atoms with Gasteiger partial charge in [-0.2, -0.15) is 5.26 Å². The molecule has 2 rings (SSSR count). The maximum Gasteiger partial charge on any atom is 0.161 e. The first-order valence-electron chi connectivity index (χ1n) is 6.38. The van der Waals surface area contributed by atoms with Crippen LogP contribution in [0.3, 0.4) is 0 Å². The van der Waals surface area contributed by atoms with Crippen LogP contribution in [0.4, 0.5) is 5.69 Å². The van der Waals surface area contributed by atoms with Gasteiger partial charge in [0.25, 0.3) is 0 Å². The molecule has 5 heteroatoms. The van der Waals surface area contributed by atoms with E-state index in [1.807, 2.05) is 7.05 Å². The molecule has 1 aliphatic rings. The average Bonchev–Trinajstić information content (AvgIpc) is 2.46. The van der Waals surface area contributed by atoms with Crippen molar-refractivity contribution in [3.63, 3.8) is 0 Å². The summed E-state index contributed by atoms with van der Waals surface area (Å²) in [5.74, 6) is 0. The van der Waals surface area contributed by atoms with E-state index in [2.05, 4.69) is 57.3 Å². The van der Waals surface area contributed by atoms with Gasteiger partial charge in [0.15, 0.2) is 6.10 Å². The van der Waals surface area contributed by atoms with Crippen LogP contribution in [0.5, 0.6) is 0 Å². The quantitative estimate of drug-likeness (QED) is 0.928. The van der Waals surface area contributed by atoms with Crippen LogP contribution in [0.15, 0.2) is 22.7 Å². The van der Waals surface area contributed by atoms with Gasteiger partial charge in [0.05, 0.1) is 19.2 Å². The molecule has 1 aliphatic heterocycles. The molecule has 0 aliphatic carbocycles. The van der Waals surface area contributed by atoms with Crippen molar-refractivity contribution in [1.29, 1.82) is 5.26 Å². The number of nitrogens with zero attached hydrogens (tertiary/aromatic N) is 2. The van der Waals surface area contributed by atoms with Gasteiger partial charge >= 0.3 is 0 Å². The minimum atomic E-state index is -0.330. The highest BCUT2D eigenvalue weighted by Crippen LogP contribution is 2.29. The Kier molecular flexibility index (Phi) is 4.81. The van der Waals surface area contributed by atoms with Crippen molar-refractivity contribution in [3.8, 4) is 6.07 Å². The summed E-state index contributed by atoms with van der Waals surface area (Å²) in [6.07, 6.45) is -0.330. The Morgan fingerprint density at radius 3 is 3.00 bits per heavy atom. The maximum atomic E-state index is 8.94. The molecule has 19 heavy (non-hydrogen) atoms. The molecule has 1 fully saturated rings. The van der Waals surface area contributed by atoms with Gasteiger partial charge in [-0.15, -0.1) is 0 Å². The lowest BCUT2D eigenvalue weighted by Gasteiger charge is -2.32. The highest BCUT2D eigenvalue weighted by Gasteiger charge is 2.20. The van der Waals surface area contributed by atoms with Crippen LogP contribution in [0, 0.1) is 11.3 Å². The van der Waals surface area contributed by atoms with E-state index in [0.29, 0.717) is 19.2 Å². The van der Waals surface area contributed by atoms with E-state index in [1.165, 1.54) is 5.56 Å². The molecular formula is C14H18BrN3O. The molecule has 1 saturated heterocycles. The Balaban J connectivity index is 2.18. The van der Waals surface area contributed by atoms with Crippen molar-refractivity contribution in [2.75, 3.05) is 31.6 Å². The van der Waals surface area contributed by atoms with Crippen molar-refractivity contribution >= 4 is 21.6 Å². The Morgan fingerprint density at radius 1 is 1.58 bits per heavy atom. The zero-order chi connectivity index (χ0) is 13.8. The lowest BCUT2D eigenvalue weighted by molar-refractivity contribution is 0.0764. The summed E-state index contributed by atoms with van der Waals surface area (Å²) >= 11 is 3.62. The van der Waals surface area contributed by atoms with Crippen LogP contribution in [-0.2, 0) is 4.74 Å². The Hall–Kier alpha value is -1.09. The Labute approximate surface area is 122 Å². The van der Waals surface area contributed by atoms with Crippen LogP contribution >= 0.6 is 15.9 Å². The third-order valence-electron chi connectivity index (χ3n) is 3.46. The van der Waals surface area contributed by atoms with Gasteiger partial charge in [-0.3, -0.25) is 0 Å². The highest BCUT2D eigenvalue weighted by atomic mass is 79.9. The normalized spacial score (nSPS) is 20.9. The summed E-state index contributed by atoms with van der Waals surface area (Å²) in [5, 5.41) is 12.2. The Bertz CT molecular complexity index is 486. The van der Waals surface area contributed by atoms with Crippen molar-refractivity contribution in [1.82, 2.24) is 5.32 Å². The van der Waals surface area contributed by atoms with Crippen molar-refractivity contribution < 1.29 is 4.74 Å². The van der Waals surface area contributed by atoms with Gasteiger partial charge in [0, 0.05) is 22.7 Å². The topological polar surface area (TPSA) is 48.3 Å². The van der Waals surface area contributed by atoms with E-state index < -0.39 is 0 Å². The molecule has 1 aromatic carbocycles.